The van der Waals surface area contributed by atoms with Crippen molar-refractivity contribution in [3.8, 4) is 5.75 Å². The van der Waals surface area contributed by atoms with E-state index in [9.17, 15) is 9.90 Å². The van der Waals surface area contributed by atoms with Gasteiger partial charge in [0.1, 0.15) is 12.4 Å². The van der Waals surface area contributed by atoms with Crippen LogP contribution < -0.4 is 4.74 Å². The summed E-state index contributed by atoms with van der Waals surface area (Å²) in [5, 5.41) is 12.5. The number of thiophene rings is 1. The number of nitrogens with zero attached hydrogens (tertiary/aromatic N) is 2. The van der Waals surface area contributed by atoms with E-state index in [1.807, 2.05) is 21.9 Å². The van der Waals surface area contributed by atoms with Gasteiger partial charge in [-0.25, -0.2) is 0 Å². The van der Waals surface area contributed by atoms with Crippen molar-refractivity contribution in [2.24, 2.45) is 0 Å². The van der Waals surface area contributed by atoms with Crippen LogP contribution in [0.15, 0.2) is 35.7 Å². The van der Waals surface area contributed by atoms with E-state index in [0.29, 0.717) is 31.3 Å². The molecular formula is C22H29ClN2O3S. The van der Waals surface area contributed by atoms with Crippen LogP contribution in [-0.4, -0.2) is 59.7 Å². The van der Waals surface area contributed by atoms with Crippen LogP contribution in [0.2, 0.25) is 5.02 Å². The number of halogens is 1. The van der Waals surface area contributed by atoms with Gasteiger partial charge in [0.2, 0.25) is 5.91 Å². The van der Waals surface area contributed by atoms with Crippen LogP contribution in [0.1, 0.15) is 36.8 Å². The minimum absolute atomic E-state index is 0.0839. The number of hydrogen-bond acceptors (Lipinski definition) is 5. The minimum Gasteiger partial charge on any atom is -0.491 e. The molecule has 0 aliphatic carbocycles. The van der Waals surface area contributed by atoms with E-state index in [1.54, 1.807) is 30.4 Å². The van der Waals surface area contributed by atoms with Crippen molar-refractivity contribution in [1.82, 2.24) is 9.80 Å². The highest BCUT2D eigenvalue weighted by Gasteiger charge is 2.32. The van der Waals surface area contributed by atoms with Gasteiger partial charge in [-0.05, 0) is 67.6 Å². The number of aliphatic hydroxyl groups excluding tert-OH is 1. The van der Waals surface area contributed by atoms with Crippen LogP contribution in [0, 0.1) is 0 Å². The third kappa shape index (κ3) is 5.95. The number of hydrogen-bond donors (Lipinski definition) is 1. The summed E-state index contributed by atoms with van der Waals surface area (Å²) in [7, 11) is 0. The lowest BCUT2D eigenvalue weighted by atomic mass is 10.0. The molecule has 0 saturated carbocycles. The highest BCUT2D eigenvalue weighted by Crippen LogP contribution is 2.34. The molecular weight excluding hydrogens is 408 g/mol. The molecule has 1 aromatic carbocycles. The molecule has 1 aliphatic heterocycles. The number of aliphatic hydroxyl groups is 1. The summed E-state index contributed by atoms with van der Waals surface area (Å²) >= 11 is 7.70. The second-order valence-electron chi connectivity index (χ2n) is 7.50. The van der Waals surface area contributed by atoms with Gasteiger partial charge in [-0.15, -0.1) is 11.3 Å². The lowest BCUT2D eigenvalue weighted by molar-refractivity contribution is -0.136. The van der Waals surface area contributed by atoms with E-state index in [2.05, 4.69) is 18.4 Å². The fourth-order valence-electron chi connectivity index (χ4n) is 3.79. The Bertz CT molecular complexity index is 794. The van der Waals surface area contributed by atoms with Gasteiger partial charge < -0.3 is 14.7 Å². The second kappa shape index (κ2) is 10.4. The van der Waals surface area contributed by atoms with Gasteiger partial charge in [-0.1, -0.05) is 18.5 Å². The lowest BCUT2D eigenvalue weighted by Gasteiger charge is -2.37. The molecule has 1 aromatic heterocycles. The number of carbonyl (C=O) groups is 1. The molecule has 158 valence electrons. The van der Waals surface area contributed by atoms with Crippen molar-refractivity contribution >= 4 is 28.8 Å². The molecule has 1 aliphatic rings. The molecule has 2 atom stereocenters. The molecule has 0 spiro atoms. The molecule has 3 rings (SSSR count). The SMILES string of the molecule is CCCN(CC(=O)N1CCc2sccc2C1COc1ccc(Cl)cc1)CC(C)O. The van der Waals surface area contributed by atoms with E-state index in [-0.39, 0.29) is 11.9 Å². The fraction of sp³-hybridized carbons (Fsp3) is 0.500. The molecule has 2 unspecified atom stereocenters. The third-order valence-electron chi connectivity index (χ3n) is 5.06. The quantitative estimate of drug-likeness (QED) is 0.645. The van der Waals surface area contributed by atoms with E-state index in [4.69, 9.17) is 16.3 Å². The molecule has 1 amide bonds. The molecule has 0 fully saturated rings. The number of rotatable bonds is 9. The Morgan fingerprint density at radius 2 is 2.14 bits per heavy atom. The monoisotopic (exact) mass is 436 g/mol. The third-order valence-corrected chi connectivity index (χ3v) is 6.31. The van der Waals surface area contributed by atoms with Crippen molar-refractivity contribution in [3.63, 3.8) is 0 Å². The van der Waals surface area contributed by atoms with E-state index >= 15 is 0 Å². The molecule has 2 aromatic rings. The summed E-state index contributed by atoms with van der Waals surface area (Å²) in [6.45, 7) is 6.55. The molecule has 2 heterocycles. The summed E-state index contributed by atoms with van der Waals surface area (Å²) in [5.74, 6) is 0.825. The van der Waals surface area contributed by atoms with Gasteiger partial charge in [-0.3, -0.25) is 9.69 Å². The van der Waals surface area contributed by atoms with Crippen molar-refractivity contribution in [2.75, 3.05) is 32.8 Å². The first-order valence-electron chi connectivity index (χ1n) is 10.1. The summed E-state index contributed by atoms with van der Waals surface area (Å²) in [6.07, 6.45) is 1.36. The maximum atomic E-state index is 13.2. The van der Waals surface area contributed by atoms with Crippen LogP contribution >= 0.6 is 22.9 Å². The number of benzene rings is 1. The minimum atomic E-state index is -0.455. The van der Waals surface area contributed by atoms with Crippen molar-refractivity contribution in [2.45, 2.75) is 38.8 Å². The lowest BCUT2D eigenvalue weighted by Crippen LogP contribution is -2.47. The predicted octanol–water partition coefficient (Wildman–Crippen LogP) is 4.00. The van der Waals surface area contributed by atoms with Crippen LogP contribution in [-0.2, 0) is 11.2 Å². The first-order chi connectivity index (χ1) is 14.0. The van der Waals surface area contributed by atoms with E-state index in [0.717, 1.165) is 25.1 Å². The number of carbonyl (C=O) groups excluding carboxylic acids is 1. The van der Waals surface area contributed by atoms with Crippen LogP contribution in [0.5, 0.6) is 5.75 Å². The van der Waals surface area contributed by atoms with Crippen molar-refractivity contribution in [3.05, 3.63) is 51.2 Å². The van der Waals surface area contributed by atoms with Gasteiger partial charge in [0.15, 0.2) is 0 Å². The Labute approximate surface area is 181 Å². The molecule has 1 N–H and O–H groups in total. The summed E-state index contributed by atoms with van der Waals surface area (Å²) < 4.78 is 6.02. The van der Waals surface area contributed by atoms with Crippen LogP contribution in [0.4, 0.5) is 0 Å². The Morgan fingerprint density at radius 1 is 1.38 bits per heavy atom. The number of ether oxygens (including phenoxy) is 1. The Balaban J connectivity index is 1.73. The van der Waals surface area contributed by atoms with Gasteiger partial charge in [0.05, 0.1) is 18.7 Å². The molecule has 5 nitrogen and oxygen atoms in total. The summed E-state index contributed by atoms with van der Waals surface area (Å²) in [5.41, 5.74) is 1.18. The second-order valence-corrected chi connectivity index (χ2v) is 8.94. The van der Waals surface area contributed by atoms with E-state index < -0.39 is 6.10 Å². The Morgan fingerprint density at radius 3 is 2.83 bits per heavy atom. The topological polar surface area (TPSA) is 53.0 Å². The Hall–Kier alpha value is -1.60. The Kier molecular flexibility index (Phi) is 7.95. The van der Waals surface area contributed by atoms with Crippen LogP contribution in [0.25, 0.3) is 0 Å². The number of amides is 1. The zero-order valence-corrected chi connectivity index (χ0v) is 18.6. The van der Waals surface area contributed by atoms with Crippen molar-refractivity contribution in [1.29, 1.82) is 0 Å². The zero-order valence-electron chi connectivity index (χ0n) is 17.0. The molecule has 0 radical (unpaired) electrons. The summed E-state index contributed by atoms with van der Waals surface area (Å²) in [4.78, 5) is 18.5. The van der Waals surface area contributed by atoms with Gasteiger partial charge in [0.25, 0.3) is 0 Å². The number of fused-ring (bicyclic) bond motifs is 1. The summed E-state index contributed by atoms with van der Waals surface area (Å²) in [6, 6.07) is 9.29. The first-order valence-corrected chi connectivity index (χ1v) is 11.4. The standard InChI is InChI=1S/C22H29ClN2O3S/c1-3-10-24(13-16(2)26)14-22(27)25-11-8-21-19(9-12-29-21)20(25)15-28-18-6-4-17(23)5-7-18/h4-7,9,12,16,20,26H,3,8,10-11,13-15H2,1-2H3. The average molecular weight is 437 g/mol. The zero-order chi connectivity index (χ0) is 20.8. The van der Waals surface area contributed by atoms with Gasteiger partial charge >= 0.3 is 0 Å². The average Bonchev–Trinajstić information content (AvgIpc) is 3.16. The molecule has 7 heteroatoms. The smallest absolute Gasteiger partial charge is 0.237 e. The first kappa shape index (κ1) is 22.1. The van der Waals surface area contributed by atoms with Crippen molar-refractivity contribution < 1.29 is 14.6 Å². The maximum Gasteiger partial charge on any atom is 0.237 e. The van der Waals surface area contributed by atoms with Gasteiger partial charge in [0, 0.05) is 23.0 Å². The predicted molar refractivity (Wildman–Crippen MR) is 118 cm³/mol. The van der Waals surface area contributed by atoms with Gasteiger partial charge in [-0.2, -0.15) is 0 Å². The molecule has 29 heavy (non-hydrogen) atoms. The molecule has 0 bridgehead atoms. The normalized spacial score (nSPS) is 17.3. The maximum absolute atomic E-state index is 13.2. The van der Waals surface area contributed by atoms with Crippen LogP contribution in [0.3, 0.4) is 0 Å². The largest absolute Gasteiger partial charge is 0.491 e. The van der Waals surface area contributed by atoms with E-state index in [1.165, 1.54) is 10.4 Å². The highest BCUT2D eigenvalue weighted by molar-refractivity contribution is 7.10. The fourth-order valence-corrected chi connectivity index (χ4v) is 4.84. The molecule has 0 saturated heterocycles. The highest BCUT2D eigenvalue weighted by atomic mass is 35.5.